The standard InChI is InChI=1S/C24H19BrINO2/c1-2-28-23-14-18(12-20(15-27)19-8-10-21(25)11-9-19)13-22(26)24(23)29-16-17-6-4-3-5-7-17/h3-14H,2,16H2,1H3/b20-12-. The molecule has 0 radical (unpaired) electrons. The van der Waals surface area contributed by atoms with Crippen molar-refractivity contribution in [3.8, 4) is 17.6 Å². The van der Waals surface area contributed by atoms with E-state index in [1.54, 1.807) is 0 Å². The summed E-state index contributed by atoms with van der Waals surface area (Å²) in [6.07, 6.45) is 1.87. The van der Waals surface area contributed by atoms with Gasteiger partial charge in [0.15, 0.2) is 11.5 Å². The third kappa shape index (κ3) is 5.84. The van der Waals surface area contributed by atoms with Crippen molar-refractivity contribution in [1.82, 2.24) is 0 Å². The Hall–Kier alpha value is -2.30. The number of ether oxygens (including phenoxy) is 2. The average molecular weight is 560 g/mol. The second-order valence-electron chi connectivity index (χ2n) is 6.21. The molecule has 5 heteroatoms. The number of nitriles is 1. The van der Waals surface area contributed by atoms with Gasteiger partial charge in [0.1, 0.15) is 6.61 Å². The minimum Gasteiger partial charge on any atom is -0.490 e. The van der Waals surface area contributed by atoms with Gasteiger partial charge in [0, 0.05) is 4.47 Å². The predicted molar refractivity (Wildman–Crippen MR) is 129 cm³/mol. The lowest BCUT2D eigenvalue weighted by atomic mass is 10.0. The van der Waals surface area contributed by atoms with Crippen molar-refractivity contribution < 1.29 is 9.47 Å². The lowest BCUT2D eigenvalue weighted by Gasteiger charge is -2.15. The van der Waals surface area contributed by atoms with Crippen LogP contribution in [0.5, 0.6) is 11.5 Å². The average Bonchev–Trinajstić information content (AvgIpc) is 2.73. The first-order valence-electron chi connectivity index (χ1n) is 9.11. The number of hydrogen-bond donors (Lipinski definition) is 0. The molecule has 0 bridgehead atoms. The van der Waals surface area contributed by atoms with Crippen LogP contribution in [0.2, 0.25) is 0 Å². The number of benzene rings is 3. The van der Waals surface area contributed by atoms with Crippen LogP contribution in [-0.2, 0) is 6.61 Å². The third-order valence-electron chi connectivity index (χ3n) is 4.14. The maximum atomic E-state index is 9.63. The molecule has 3 aromatic rings. The molecule has 0 atom stereocenters. The summed E-state index contributed by atoms with van der Waals surface area (Å²) in [4.78, 5) is 0. The van der Waals surface area contributed by atoms with Gasteiger partial charge in [-0.2, -0.15) is 5.26 Å². The van der Waals surface area contributed by atoms with Gasteiger partial charge in [-0.1, -0.05) is 58.4 Å². The third-order valence-corrected chi connectivity index (χ3v) is 5.47. The molecule has 0 N–H and O–H groups in total. The van der Waals surface area contributed by atoms with E-state index in [1.165, 1.54) is 0 Å². The molecule has 0 unspecified atom stereocenters. The van der Waals surface area contributed by atoms with Gasteiger partial charge < -0.3 is 9.47 Å². The molecule has 0 saturated heterocycles. The highest BCUT2D eigenvalue weighted by atomic mass is 127. The summed E-state index contributed by atoms with van der Waals surface area (Å²) < 4.78 is 13.8. The Balaban J connectivity index is 1.92. The van der Waals surface area contributed by atoms with Crippen LogP contribution in [0, 0.1) is 14.9 Å². The lowest BCUT2D eigenvalue weighted by molar-refractivity contribution is 0.267. The maximum Gasteiger partial charge on any atom is 0.175 e. The number of halogens is 2. The monoisotopic (exact) mass is 559 g/mol. The number of allylic oxidation sites excluding steroid dienone is 1. The second-order valence-corrected chi connectivity index (χ2v) is 8.29. The minimum absolute atomic E-state index is 0.467. The smallest absolute Gasteiger partial charge is 0.175 e. The van der Waals surface area contributed by atoms with Gasteiger partial charge in [-0.3, -0.25) is 0 Å². The molecule has 3 nitrogen and oxygen atoms in total. The Morgan fingerprint density at radius 3 is 2.45 bits per heavy atom. The fourth-order valence-electron chi connectivity index (χ4n) is 2.78. The van der Waals surface area contributed by atoms with Crippen molar-refractivity contribution in [1.29, 1.82) is 5.26 Å². The largest absolute Gasteiger partial charge is 0.490 e. The minimum atomic E-state index is 0.467. The zero-order chi connectivity index (χ0) is 20.6. The Labute approximate surface area is 193 Å². The van der Waals surface area contributed by atoms with E-state index < -0.39 is 0 Å². The summed E-state index contributed by atoms with van der Waals surface area (Å²) in [5.74, 6) is 1.39. The van der Waals surface area contributed by atoms with E-state index in [4.69, 9.17) is 9.47 Å². The quantitative estimate of drug-likeness (QED) is 0.176. The highest BCUT2D eigenvalue weighted by Crippen LogP contribution is 2.36. The zero-order valence-electron chi connectivity index (χ0n) is 15.9. The summed E-state index contributed by atoms with van der Waals surface area (Å²) >= 11 is 5.67. The van der Waals surface area contributed by atoms with Crippen LogP contribution in [0.1, 0.15) is 23.6 Å². The normalized spacial score (nSPS) is 11.0. The Kier molecular flexibility index (Phi) is 7.73. The van der Waals surface area contributed by atoms with Gasteiger partial charge in [-0.05, 0) is 76.5 Å². The molecule has 3 aromatic carbocycles. The van der Waals surface area contributed by atoms with Crippen LogP contribution >= 0.6 is 38.5 Å². The van der Waals surface area contributed by atoms with Crippen molar-refractivity contribution in [3.05, 3.63) is 91.5 Å². The Morgan fingerprint density at radius 1 is 1.07 bits per heavy atom. The lowest BCUT2D eigenvalue weighted by Crippen LogP contribution is -2.02. The fraction of sp³-hybridized carbons (Fsp3) is 0.125. The summed E-state index contributed by atoms with van der Waals surface area (Å²) in [6.45, 7) is 2.94. The summed E-state index contributed by atoms with van der Waals surface area (Å²) in [7, 11) is 0. The van der Waals surface area contributed by atoms with Gasteiger partial charge in [-0.25, -0.2) is 0 Å². The predicted octanol–water partition coefficient (Wildman–Crippen LogP) is 7.10. The number of hydrogen-bond acceptors (Lipinski definition) is 3. The molecule has 0 fully saturated rings. The van der Waals surface area contributed by atoms with Crippen LogP contribution in [-0.4, -0.2) is 6.61 Å². The number of rotatable bonds is 7. The first-order valence-corrected chi connectivity index (χ1v) is 11.0. The van der Waals surface area contributed by atoms with Gasteiger partial charge >= 0.3 is 0 Å². The molecular weight excluding hydrogens is 541 g/mol. The fourth-order valence-corrected chi connectivity index (χ4v) is 3.83. The van der Waals surface area contributed by atoms with Crippen LogP contribution in [0.15, 0.2) is 71.2 Å². The molecule has 0 saturated carbocycles. The van der Waals surface area contributed by atoms with E-state index in [1.807, 2.05) is 79.7 Å². The topological polar surface area (TPSA) is 42.2 Å². The van der Waals surface area contributed by atoms with E-state index in [2.05, 4.69) is 44.6 Å². The van der Waals surface area contributed by atoms with E-state index in [-0.39, 0.29) is 0 Å². The zero-order valence-corrected chi connectivity index (χ0v) is 19.6. The Morgan fingerprint density at radius 2 is 1.79 bits per heavy atom. The van der Waals surface area contributed by atoms with Crippen molar-refractivity contribution in [3.63, 3.8) is 0 Å². The van der Waals surface area contributed by atoms with Crippen LogP contribution in [0.3, 0.4) is 0 Å². The van der Waals surface area contributed by atoms with Crippen molar-refractivity contribution in [2.45, 2.75) is 13.5 Å². The molecule has 0 aliphatic heterocycles. The van der Waals surface area contributed by atoms with Crippen LogP contribution in [0.4, 0.5) is 0 Å². The molecular formula is C24H19BrINO2. The molecule has 3 rings (SSSR count). The SMILES string of the molecule is CCOc1cc(/C=C(/C#N)c2ccc(Br)cc2)cc(I)c1OCc1ccccc1. The van der Waals surface area contributed by atoms with Gasteiger partial charge in [0.2, 0.25) is 0 Å². The van der Waals surface area contributed by atoms with Crippen molar-refractivity contribution in [2.24, 2.45) is 0 Å². The van der Waals surface area contributed by atoms with Gasteiger partial charge in [0.25, 0.3) is 0 Å². The summed E-state index contributed by atoms with van der Waals surface area (Å²) in [6, 6.07) is 23.9. The highest BCUT2D eigenvalue weighted by Gasteiger charge is 2.13. The van der Waals surface area contributed by atoms with E-state index >= 15 is 0 Å². The van der Waals surface area contributed by atoms with E-state index in [0.29, 0.717) is 24.5 Å². The number of nitrogens with zero attached hydrogens (tertiary/aromatic N) is 1. The van der Waals surface area contributed by atoms with Crippen molar-refractivity contribution >= 4 is 50.2 Å². The molecule has 0 spiro atoms. The molecule has 0 amide bonds. The first-order chi connectivity index (χ1) is 14.1. The van der Waals surface area contributed by atoms with Crippen molar-refractivity contribution in [2.75, 3.05) is 6.61 Å². The Bertz CT molecular complexity index is 1040. The maximum absolute atomic E-state index is 9.63. The van der Waals surface area contributed by atoms with Crippen LogP contribution in [0.25, 0.3) is 11.6 Å². The molecule has 0 aromatic heterocycles. The second kappa shape index (κ2) is 10.5. The van der Waals surface area contributed by atoms with Gasteiger partial charge in [-0.15, -0.1) is 0 Å². The first kappa shape index (κ1) is 21.4. The summed E-state index contributed by atoms with van der Waals surface area (Å²) in [5, 5.41) is 9.63. The molecule has 0 aliphatic carbocycles. The summed E-state index contributed by atoms with van der Waals surface area (Å²) in [5.41, 5.74) is 3.45. The highest BCUT2D eigenvalue weighted by molar-refractivity contribution is 14.1. The van der Waals surface area contributed by atoms with E-state index in [9.17, 15) is 5.26 Å². The molecule has 0 heterocycles. The molecule has 146 valence electrons. The van der Waals surface area contributed by atoms with Crippen LogP contribution < -0.4 is 9.47 Å². The molecule has 0 aliphatic rings. The van der Waals surface area contributed by atoms with Gasteiger partial charge in [0.05, 0.1) is 21.8 Å². The molecule has 29 heavy (non-hydrogen) atoms. The van der Waals surface area contributed by atoms with E-state index in [0.717, 1.165) is 30.5 Å².